The number of hydrogen-bond acceptors (Lipinski definition) is 2. The van der Waals surface area contributed by atoms with Gasteiger partial charge in [-0.1, -0.05) is 0 Å². The minimum absolute atomic E-state index is 0. The Morgan fingerprint density at radius 1 is 1.31 bits per heavy atom. The number of nitrogens with two attached hydrogens (primary N) is 1. The Morgan fingerprint density at radius 2 is 1.81 bits per heavy atom. The lowest BCUT2D eigenvalue weighted by Crippen LogP contribution is -2.15. The maximum Gasteiger partial charge on any atom is 0.134 e. The molecule has 0 saturated carbocycles. The number of benzene rings is 1. The fraction of sp³-hybridized carbons (Fsp3) is 0.400. The summed E-state index contributed by atoms with van der Waals surface area (Å²) in [6.07, 6.45) is -0.111. The molecule has 6 heteroatoms. The van der Waals surface area contributed by atoms with Crippen molar-refractivity contribution < 1.29 is 17.9 Å². The van der Waals surface area contributed by atoms with Gasteiger partial charge < -0.3 is 10.5 Å². The van der Waals surface area contributed by atoms with E-state index in [-0.39, 0.29) is 30.1 Å². The molecule has 0 saturated heterocycles. The molecule has 92 valence electrons. The van der Waals surface area contributed by atoms with Gasteiger partial charge in [0.05, 0.1) is 13.8 Å². The van der Waals surface area contributed by atoms with Crippen molar-refractivity contribution in [3.63, 3.8) is 0 Å². The third-order valence-corrected chi connectivity index (χ3v) is 2.08. The summed E-state index contributed by atoms with van der Waals surface area (Å²) in [6, 6.07) is 1.08. The second-order valence-corrected chi connectivity index (χ2v) is 3.09. The largest absolute Gasteiger partial charge is 0.497 e. The molecule has 0 spiro atoms. The van der Waals surface area contributed by atoms with Crippen LogP contribution >= 0.6 is 12.4 Å². The van der Waals surface area contributed by atoms with Crippen LogP contribution in [0.25, 0.3) is 0 Å². The van der Waals surface area contributed by atoms with Crippen LogP contribution in [0, 0.1) is 11.6 Å². The first-order valence-electron chi connectivity index (χ1n) is 4.44. The van der Waals surface area contributed by atoms with Crippen LogP contribution in [0.4, 0.5) is 13.2 Å². The summed E-state index contributed by atoms with van der Waals surface area (Å²) in [7, 11) is 1.30. The highest BCUT2D eigenvalue weighted by atomic mass is 35.5. The molecule has 1 aromatic rings. The number of rotatable bonds is 4. The molecule has 1 rings (SSSR count). The van der Waals surface area contributed by atoms with Gasteiger partial charge in [0.1, 0.15) is 17.4 Å². The summed E-state index contributed by atoms with van der Waals surface area (Å²) < 4.78 is 43.4. The smallest absolute Gasteiger partial charge is 0.134 e. The molecular weight excluding hydrogens is 243 g/mol. The second kappa shape index (κ2) is 6.60. The summed E-state index contributed by atoms with van der Waals surface area (Å²) in [5.41, 5.74) is 5.14. The zero-order valence-electron chi connectivity index (χ0n) is 8.67. The van der Waals surface area contributed by atoms with E-state index >= 15 is 0 Å². The average molecular weight is 256 g/mol. The van der Waals surface area contributed by atoms with E-state index in [9.17, 15) is 13.2 Å². The Labute approximate surface area is 98.0 Å². The zero-order valence-corrected chi connectivity index (χ0v) is 9.49. The minimum Gasteiger partial charge on any atom is -0.497 e. The van der Waals surface area contributed by atoms with E-state index in [4.69, 9.17) is 5.73 Å². The van der Waals surface area contributed by atoms with Gasteiger partial charge in [0.2, 0.25) is 0 Å². The Balaban J connectivity index is 0.00000225. The van der Waals surface area contributed by atoms with Crippen molar-refractivity contribution in [3.05, 3.63) is 29.3 Å². The quantitative estimate of drug-likeness (QED) is 0.898. The monoisotopic (exact) mass is 255 g/mol. The summed E-state index contributed by atoms with van der Waals surface area (Å²) in [6.45, 7) is -0.716. The first-order chi connectivity index (χ1) is 7.10. The lowest BCUT2D eigenvalue weighted by molar-refractivity contribution is 0.398. The molecule has 0 radical (unpaired) electrons. The van der Waals surface area contributed by atoms with Crippen LogP contribution in [0.15, 0.2) is 12.1 Å². The molecule has 0 unspecified atom stereocenters. The van der Waals surface area contributed by atoms with Gasteiger partial charge in [-0.05, 0) is 6.42 Å². The van der Waals surface area contributed by atoms with Crippen molar-refractivity contribution in [2.24, 2.45) is 5.73 Å². The Kier molecular flexibility index (Phi) is 6.21. The Hall–Kier alpha value is -0.940. The van der Waals surface area contributed by atoms with E-state index in [2.05, 4.69) is 4.74 Å². The number of hydrogen-bond donors (Lipinski definition) is 1. The molecule has 0 aliphatic carbocycles. The van der Waals surface area contributed by atoms with E-state index < -0.39 is 24.4 Å². The van der Waals surface area contributed by atoms with Crippen molar-refractivity contribution in [2.75, 3.05) is 13.8 Å². The third kappa shape index (κ3) is 3.28. The van der Waals surface area contributed by atoms with E-state index in [1.807, 2.05) is 0 Å². The highest BCUT2D eigenvalue weighted by Crippen LogP contribution is 2.26. The molecule has 16 heavy (non-hydrogen) atoms. The number of ether oxygens (including phenoxy) is 1. The molecular formula is C10H13ClF3NO. The molecule has 0 fully saturated rings. The number of halogens is 4. The maximum absolute atomic E-state index is 13.3. The van der Waals surface area contributed by atoms with Gasteiger partial charge in [-0.15, -0.1) is 12.4 Å². The highest BCUT2D eigenvalue weighted by Gasteiger charge is 2.18. The van der Waals surface area contributed by atoms with Crippen LogP contribution in [0.1, 0.15) is 18.0 Å². The Morgan fingerprint density at radius 3 is 2.19 bits per heavy atom. The van der Waals surface area contributed by atoms with Crippen LogP contribution in [0.2, 0.25) is 0 Å². The van der Waals surface area contributed by atoms with Crippen molar-refractivity contribution >= 4 is 12.4 Å². The predicted octanol–water partition coefficient (Wildman–Crippen LogP) is 2.75. The van der Waals surface area contributed by atoms with Crippen LogP contribution in [-0.2, 0) is 0 Å². The molecule has 0 amide bonds. The molecule has 2 nitrogen and oxygen atoms in total. The van der Waals surface area contributed by atoms with E-state index in [0.29, 0.717) is 0 Å². The highest BCUT2D eigenvalue weighted by molar-refractivity contribution is 5.85. The average Bonchev–Trinajstić information content (AvgIpc) is 2.16. The van der Waals surface area contributed by atoms with Gasteiger partial charge in [-0.25, -0.2) is 8.78 Å². The lowest BCUT2D eigenvalue weighted by atomic mass is 10.0. The van der Waals surface area contributed by atoms with Gasteiger partial charge in [0.15, 0.2) is 0 Å². The topological polar surface area (TPSA) is 35.2 Å². The summed E-state index contributed by atoms with van der Waals surface area (Å²) in [5, 5.41) is 0. The standard InChI is InChI=1S/C10H12F3NO.ClH/c1-15-6-4-7(12)10(8(13)5-6)9(14)2-3-11;/h4-5,9H,2-3,14H2,1H3;1H/t9-;/m1./s1. The third-order valence-electron chi connectivity index (χ3n) is 2.08. The molecule has 1 atom stereocenters. The normalized spacial score (nSPS) is 11.8. The zero-order chi connectivity index (χ0) is 11.4. The maximum atomic E-state index is 13.3. The van der Waals surface area contributed by atoms with Crippen molar-refractivity contribution in [1.29, 1.82) is 0 Å². The van der Waals surface area contributed by atoms with Gasteiger partial charge in [0, 0.05) is 23.7 Å². The molecule has 0 aliphatic heterocycles. The molecule has 0 aliphatic rings. The predicted molar refractivity (Wildman–Crippen MR) is 57.7 cm³/mol. The number of alkyl halides is 1. The molecule has 0 heterocycles. The van der Waals surface area contributed by atoms with Gasteiger partial charge in [-0.3, -0.25) is 4.39 Å². The van der Waals surface area contributed by atoms with Crippen LogP contribution < -0.4 is 10.5 Å². The Bertz CT molecular complexity index is 326. The summed E-state index contributed by atoms with van der Waals surface area (Å²) in [5.74, 6) is -1.55. The molecule has 0 aromatic heterocycles. The number of methoxy groups -OCH3 is 1. The van der Waals surface area contributed by atoms with E-state index in [0.717, 1.165) is 12.1 Å². The molecule has 0 bridgehead atoms. The fourth-order valence-electron chi connectivity index (χ4n) is 1.30. The van der Waals surface area contributed by atoms with Crippen molar-refractivity contribution in [3.8, 4) is 5.75 Å². The van der Waals surface area contributed by atoms with Crippen molar-refractivity contribution in [1.82, 2.24) is 0 Å². The first kappa shape index (κ1) is 15.1. The lowest BCUT2D eigenvalue weighted by Gasteiger charge is -2.13. The SMILES string of the molecule is COc1cc(F)c([C@H](N)CCF)c(F)c1.Cl. The minimum atomic E-state index is -0.971. The van der Waals surface area contributed by atoms with E-state index in [1.54, 1.807) is 0 Å². The first-order valence-corrected chi connectivity index (χ1v) is 4.44. The van der Waals surface area contributed by atoms with E-state index in [1.165, 1.54) is 7.11 Å². The fourth-order valence-corrected chi connectivity index (χ4v) is 1.30. The molecule has 2 N–H and O–H groups in total. The summed E-state index contributed by atoms with van der Waals surface area (Å²) in [4.78, 5) is 0. The van der Waals surface area contributed by atoms with Crippen LogP contribution in [0.3, 0.4) is 0 Å². The van der Waals surface area contributed by atoms with Crippen LogP contribution in [0.5, 0.6) is 5.75 Å². The van der Waals surface area contributed by atoms with Gasteiger partial charge in [-0.2, -0.15) is 0 Å². The van der Waals surface area contributed by atoms with Gasteiger partial charge in [0.25, 0.3) is 0 Å². The van der Waals surface area contributed by atoms with Crippen molar-refractivity contribution in [2.45, 2.75) is 12.5 Å². The van der Waals surface area contributed by atoms with Crippen LogP contribution in [-0.4, -0.2) is 13.8 Å². The molecule has 1 aromatic carbocycles. The summed E-state index contributed by atoms with van der Waals surface area (Å²) >= 11 is 0. The van der Waals surface area contributed by atoms with Gasteiger partial charge >= 0.3 is 0 Å². The second-order valence-electron chi connectivity index (χ2n) is 3.09.